The van der Waals surface area contributed by atoms with E-state index in [1.807, 2.05) is 0 Å². The second kappa shape index (κ2) is 4.12. The van der Waals surface area contributed by atoms with E-state index in [-0.39, 0.29) is 11.6 Å². The summed E-state index contributed by atoms with van der Waals surface area (Å²) in [5.74, 6) is -1.64. The monoisotopic (exact) mass is 217 g/mol. The van der Waals surface area contributed by atoms with Gasteiger partial charge in [0.1, 0.15) is 0 Å². The molecule has 0 unspecified atom stereocenters. The number of aliphatic carboxylic acids is 1. The molecule has 1 rings (SSSR count). The van der Waals surface area contributed by atoms with Crippen LogP contribution in [0.25, 0.3) is 5.57 Å². The van der Waals surface area contributed by atoms with Crippen LogP contribution in [0.4, 0.5) is 13.2 Å². The zero-order valence-electron chi connectivity index (χ0n) is 7.32. The number of aromatic nitrogens is 1. The zero-order chi connectivity index (χ0) is 11.5. The lowest BCUT2D eigenvalue weighted by molar-refractivity contribution is -0.131. The second-order valence-electron chi connectivity index (χ2n) is 2.65. The summed E-state index contributed by atoms with van der Waals surface area (Å²) in [6, 6.07) is 2.61. The molecule has 0 spiro atoms. The highest BCUT2D eigenvalue weighted by Gasteiger charge is 2.27. The lowest BCUT2D eigenvalue weighted by Crippen LogP contribution is -2.08. The van der Waals surface area contributed by atoms with Crippen LogP contribution >= 0.6 is 0 Å². The van der Waals surface area contributed by atoms with Crippen LogP contribution in [0.3, 0.4) is 0 Å². The molecular weight excluding hydrogens is 211 g/mol. The fourth-order valence-corrected chi connectivity index (χ4v) is 0.954. The van der Waals surface area contributed by atoms with E-state index in [9.17, 15) is 18.0 Å². The average molecular weight is 217 g/mol. The van der Waals surface area contributed by atoms with Gasteiger partial charge in [0.15, 0.2) is 0 Å². The molecule has 0 aromatic carbocycles. The summed E-state index contributed by atoms with van der Waals surface area (Å²) in [5.41, 5.74) is -0.905. The first kappa shape index (κ1) is 11.2. The van der Waals surface area contributed by atoms with Crippen LogP contribution in [-0.4, -0.2) is 22.2 Å². The van der Waals surface area contributed by atoms with Crippen LogP contribution in [0.1, 0.15) is 5.56 Å². The number of allylic oxidation sites excluding steroid dienone is 1. The van der Waals surface area contributed by atoms with Crippen LogP contribution in [0.2, 0.25) is 0 Å². The average Bonchev–Trinajstić information content (AvgIpc) is 2.14. The molecule has 0 atom stereocenters. The number of carboxylic acids is 1. The Hall–Kier alpha value is -1.85. The minimum absolute atomic E-state index is 0.0812. The molecule has 0 radical (unpaired) electrons. The summed E-state index contributed by atoms with van der Waals surface area (Å²) in [6.45, 7) is 0. The summed E-state index contributed by atoms with van der Waals surface area (Å²) in [4.78, 5) is 14.1. The van der Waals surface area contributed by atoms with Gasteiger partial charge in [-0.1, -0.05) is 6.07 Å². The Morgan fingerprint density at radius 1 is 1.47 bits per heavy atom. The molecule has 6 heteroatoms. The summed E-state index contributed by atoms with van der Waals surface area (Å²) >= 11 is 0. The summed E-state index contributed by atoms with van der Waals surface area (Å²) in [6.07, 6.45) is -2.52. The third-order valence-corrected chi connectivity index (χ3v) is 1.51. The van der Waals surface area contributed by atoms with Crippen LogP contribution in [0.5, 0.6) is 0 Å². The SMILES string of the molecule is O=C(O)C(=CC(F)(F)F)c1cccnc1. The van der Waals surface area contributed by atoms with Gasteiger partial charge >= 0.3 is 12.1 Å². The summed E-state index contributed by atoms with van der Waals surface area (Å²) < 4.78 is 36.0. The standard InChI is InChI=1S/C9H6F3NO2/c10-9(11,12)4-7(8(14)15)6-2-1-3-13-5-6/h1-5H,(H,14,15). The van der Waals surface area contributed by atoms with Gasteiger partial charge in [-0.2, -0.15) is 13.2 Å². The molecule has 0 aliphatic heterocycles. The minimum Gasteiger partial charge on any atom is -0.478 e. The van der Waals surface area contributed by atoms with E-state index >= 15 is 0 Å². The van der Waals surface area contributed by atoms with E-state index in [2.05, 4.69) is 4.98 Å². The van der Waals surface area contributed by atoms with Crippen molar-refractivity contribution in [3.63, 3.8) is 0 Å². The molecule has 0 bridgehead atoms. The van der Waals surface area contributed by atoms with Crippen molar-refractivity contribution in [2.45, 2.75) is 6.18 Å². The molecule has 80 valence electrons. The Labute approximate surface area is 82.9 Å². The highest BCUT2D eigenvalue weighted by molar-refractivity contribution is 6.15. The number of hydrogen-bond acceptors (Lipinski definition) is 2. The third kappa shape index (κ3) is 3.41. The van der Waals surface area contributed by atoms with Crippen molar-refractivity contribution in [1.29, 1.82) is 0 Å². The van der Waals surface area contributed by atoms with Crippen molar-refractivity contribution in [2.24, 2.45) is 0 Å². The number of alkyl halides is 3. The maximum atomic E-state index is 12.0. The number of nitrogens with zero attached hydrogens (tertiary/aromatic N) is 1. The van der Waals surface area contributed by atoms with Gasteiger partial charge in [0.25, 0.3) is 0 Å². The zero-order valence-corrected chi connectivity index (χ0v) is 7.32. The van der Waals surface area contributed by atoms with Gasteiger partial charge in [-0.3, -0.25) is 4.98 Å². The van der Waals surface area contributed by atoms with E-state index in [0.717, 1.165) is 6.20 Å². The molecule has 0 aliphatic rings. The quantitative estimate of drug-likeness (QED) is 0.772. The van der Waals surface area contributed by atoms with Crippen molar-refractivity contribution in [2.75, 3.05) is 0 Å². The lowest BCUT2D eigenvalue weighted by Gasteiger charge is -2.04. The second-order valence-corrected chi connectivity index (χ2v) is 2.65. The van der Waals surface area contributed by atoms with Crippen LogP contribution in [-0.2, 0) is 4.79 Å². The molecule has 0 saturated heterocycles. The number of pyridine rings is 1. The molecule has 0 fully saturated rings. The topological polar surface area (TPSA) is 50.2 Å². The van der Waals surface area contributed by atoms with Gasteiger partial charge in [0, 0.05) is 24.0 Å². The first-order chi connectivity index (χ1) is 6.90. The summed E-state index contributed by atoms with van der Waals surface area (Å²) in [5, 5.41) is 8.59. The molecule has 0 saturated carbocycles. The predicted molar refractivity (Wildman–Crippen MR) is 45.9 cm³/mol. The molecule has 1 heterocycles. The first-order valence-corrected chi connectivity index (χ1v) is 3.83. The van der Waals surface area contributed by atoms with E-state index in [0.29, 0.717) is 0 Å². The van der Waals surface area contributed by atoms with Crippen molar-refractivity contribution in [3.8, 4) is 0 Å². The molecule has 3 nitrogen and oxygen atoms in total. The van der Waals surface area contributed by atoms with Gasteiger partial charge in [-0.25, -0.2) is 4.79 Å². The van der Waals surface area contributed by atoms with E-state index in [1.165, 1.54) is 18.3 Å². The minimum atomic E-state index is -4.66. The fraction of sp³-hybridized carbons (Fsp3) is 0.111. The van der Waals surface area contributed by atoms with Crippen molar-refractivity contribution < 1.29 is 23.1 Å². The number of hydrogen-bond donors (Lipinski definition) is 1. The maximum absolute atomic E-state index is 12.0. The van der Waals surface area contributed by atoms with E-state index in [4.69, 9.17) is 5.11 Å². The van der Waals surface area contributed by atoms with Crippen molar-refractivity contribution >= 4 is 11.5 Å². The number of carbonyl (C=O) groups is 1. The molecule has 0 amide bonds. The largest absolute Gasteiger partial charge is 0.478 e. The highest BCUT2D eigenvalue weighted by Crippen LogP contribution is 2.23. The van der Waals surface area contributed by atoms with Crippen LogP contribution in [0, 0.1) is 0 Å². The molecule has 1 N–H and O–H groups in total. The maximum Gasteiger partial charge on any atom is 0.410 e. The Morgan fingerprint density at radius 2 is 2.13 bits per heavy atom. The Balaban J connectivity index is 3.16. The van der Waals surface area contributed by atoms with Gasteiger partial charge in [-0.15, -0.1) is 0 Å². The van der Waals surface area contributed by atoms with Gasteiger partial charge in [0.05, 0.1) is 5.57 Å². The molecule has 0 aliphatic carbocycles. The molecule has 1 aromatic rings. The lowest BCUT2D eigenvalue weighted by atomic mass is 10.1. The van der Waals surface area contributed by atoms with Gasteiger partial charge in [-0.05, 0) is 6.07 Å². The van der Waals surface area contributed by atoms with Gasteiger partial charge in [0.2, 0.25) is 0 Å². The summed E-state index contributed by atoms with van der Waals surface area (Å²) in [7, 11) is 0. The number of carboxylic acid groups (broad SMARTS) is 1. The third-order valence-electron chi connectivity index (χ3n) is 1.51. The molecular formula is C9H6F3NO2. The van der Waals surface area contributed by atoms with Crippen molar-refractivity contribution in [1.82, 2.24) is 4.98 Å². The smallest absolute Gasteiger partial charge is 0.410 e. The van der Waals surface area contributed by atoms with Crippen LogP contribution < -0.4 is 0 Å². The molecule has 1 aromatic heterocycles. The van der Waals surface area contributed by atoms with E-state index in [1.54, 1.807) is 0 Å². The number of rotatable bonds is 2. The first-order valence-electron chi connectivity index (χ1n) is 3.83. The van der Waals surface area contributed by atoms with E-state index < -0.39 is 17.7 Å². The normalized spacial score (nSPS) is 12.6. The number of halogens is 3. The predicted octanol–water partition coefficient (Wildman–Crippen LogP) is 2.11. The molecule has 15 heavy (non-hydrogen) atoms. The van der Waals surface area contributed by atoms with Crippen molar-refractivity contribution in [3.05, 3.63) is 36.2 Å². The fourth-order valence-electron chi connectivity index (χ4n) is 0.954. The Morgan fingerprint density at radius 3 is 2.53 bits per heavy atom. The Bertz CT molecular complexity index is 384. The van der Waals surface area contributed by atoms with Gasteiger partial charge < -0.3 is 5.11 Å². The Kier molecular flexibility index (Phi) is 3.08. The van der Waals surface area contributed by atoms with Crippen LogP contribution in [0.15, 0.2) is 30.6 Å². The highest BCUT2D eigenvalue weighted by atomic mass is 19.4.